The van der Waals surface area contributed by atoms with Crippen LogP contribution in [0.5, 0.6) is 0 Å². The summed E-state index contributed by atoms with van der Waals surface area (Å²) >= 11 is 0. The van der Waals surface area contributed by atoms with Crippen LogP contribution in [0, 0.1) is 0 Å². The topological polar surface area (TPSA) is 78.6 Å². The minimum absolute atomic E-state index is 0.331. The largest absolute Gasteiger partial charge is 0.389 e. The summed E-state index contributed by atoms with van der Waals surface area (Å²) < 4.78 is 0. The lowest BCUT2D eigenvalue weighted by molar-refractivity contribution is 0.0278. The van der Waals surface area contributed by atoms with Gasteiger partial charge in [0.15, 0.2) is 0 Å². The molecule has 0 saturated carbocycles. The summed E-state index contributed by atoms with van der Waals surface area (Å²) in [6.45, 7) is 6.05. The quantitative estimate of drug-likeness (QED) is 0.664. The average Bonchev–Trinajstić information content (AvgIpc) is 2.36. The van der Waals surface area contributed by atoms with Crippen molar-refractivity contribution >= 4 is 6.03 Å². The second-order valence-electron chi connectivity index (χ2n) is 4.91. The molecule has 1 fully saturated rings. The number of nitrogens with one attached hydrogen (secondary N) is 1. The first-order chi connectivity index (χ1) is 8.00. The van der Waals surface area contributed by atoms with Gasteiger partial charge in [-0.15, -0.1) is 0 Å². The second-order valence-corrected chi connectivity index (χ2v) is 4.91. The first kappa shape index (κ1) is 14.3. The van der Waals surface area contributed by atoms with Gasteiger partial charge in [0.2, 0.25) is 0 Å². The van der Waals surface area contributed by atoms with Crippen LogP contribution in [0.4, 0.5) is 4.79 Å². The minimum Gasteiger partial charge on any atom is -0.389 e. The van der Waals surface area contributed by atoms with Crippen molar-refractivity contribution in [2.24, 2.45) is 5.73 Å². The van der Waals surface area contributed by atoms with Crippen LogP contribution in [0.3, 0.4) is 0 Å². The molecular weight excluding hydrogens is 218 g/mol. The van der Waals surface area contributed by atoms with Gasteiger partial charge in [-0.05, 0) is 25.7 Å². The fourth-order valence-electron chi connectivity index (χ4n) is 2.14. The van der Waals surface area contributed by atoms with E-state index in [-0.39, 0.29) is 6.03 Å². The van der Waals surface area contributed by atoms with Crippen molar-refractivity contribution in [3.8, 4) is 0 Å². The number of hydrogen-bond acceptors (Lipinski definition) is 3. The molecule has 0 unspecified atom stereocenters. The predicted molar refractivity (Wildman–Crippen MR) is 67.7 cm³/mol. The summed E-state index contributed by atoms with van der Waals surface area (Å²) in [7, 11) is 0. The molecule has 1 aliphatic rings. The van der Waals surface area contributed by atoms with Crippen LogP contribution in [0.2, 0.25) is 0 Å². The number of likely N-dealkylation sites (tertiary alicyclic amines) is 1. The molecule has 1 saturated heterocycles. The number of carbonyl (C=O) groups is 1. The second kappa shape index (κ2) is 6.21. The summed E-state index contributed by atoms with van der Waals surface area (Å²) in [5.74, 6) is 0. The van der Waals surface area contributed by atoms with Gasteiger partial charge in [-0.1, -0.05) is 13.8 Å². The van der Waals surface area contributed by atoms with E-state index in [2.05, 4.69) is 5.32 Å². The highest BCUT2D eigenvalue weighted by Gasteiger charge is 2.25. The number of nitrogens with two attached hydrogens (primary N) is 1. The van der Waals surface area contributed by atoms with Gasteiger partial charge in [-0.2, -0.15) is 0 Å². The van der Waals surface area contributed by atoms with E-state index in [1.165, 1.54) is 0 Å². The van der Waals surface area contributed by atoms with Gasteiger partial charge in [0, 0.05) is 25.7 Å². The molecule has 4 N–H and O–H groups in total. The SMILES string of the molecule is CCC(O)(CC)CNC1CCN(C(N)=O)CC1. The molecule has 2 amide bonds. The third-order valence-corrected chi connectivity index (χ3v) is 3.84. The lowest BCUT2D eigenvalue weighted by Gasteiger charge is -2.34. The Morgan fingerprint density at radius 3 is 2.35 bits per heavy atom. The third kappa shape index (κ3) is 4.16. The van der Waals surface area contributed by atoms with Crippen LogP contribution in [-0.2, 0) is 0 Å². The number of piperidine rings is 1. The summed E-state index contributed by atoms with van der Waals surface area (Å²) in [4.78, 5) is 12.6. The molecule has 0 radical (unpaired) electrons. The fraction of sp³-hybridized carbons (Fsp3) is 0.917. The Morgan fingerprint density at radius 1 is 1.41 bits per heavy atom. The van der Waals surface area contributed by atoms with Crippen LogP contribution < -0.4 is 11.1 Å². The zero-order chi connectivity index (χ0) is 12.9. The van der Waals surface area contributed by atoms with Gasteiger partial charge in [-0.3, -0.25) is 0 Å². The lowest BCUT2D eigenvalue weighted by atomic mass is 9.96. The summed E-state index contributed by atoms with van der Waals surface area (Å²) in [6.07, 6.45) is 3.34. The number of primary amides is 1. The van der Waals surface area contributed by atoms with E-state index in [1.807, 2.05) is 13.8 Å². The molecule has 17 heavy (non-hydrogen) atoms. The minimum atomic E-state index is -0.596. The van der Waals surface area contributed by atoms with E-state index < -0.39 is 5.60 Å². The van der Waals surface area contributed by atoms with Crippen LogP contribution >= 0.6 is 0 Å². The Morgan fingerprint density at radius 2 is 1.94 bits per heavy atom. The van der Waals surface area contributed by atoms with Crippen molar-refractivity contribution in [1.29, 1.82) is 0 Å². The predicted octanol–water partition coefficient (Wildman–Crippen LogP) is 0.670. The zero-order valence-electron chi connectivity index (χ0n) is 10.9. The number of nitrogens with zero attached hydrogens (tertiary/aromatic N) is 1. The van der Waals surface area contributed by atoms with E-state index in [0.29, 0.717) is 25.7 Å². The Balaban J connectivity index is 2.29. The average molecular weight is 243 g/mol. The van der Waals surface area contributed by atoms with E-state index in [0.717, 1.165) is 25.7 Å². The fourth-order valence-corrected chi connectivity index (χ4v) is 2.14. The Hall–Kier alpha value is -0.810. The maximum absolute atomic E-state index is 11.0. The van der Waals surface area contributed by atoms with Crippen LogP contribution in [0.25, 0.3) is 0 Å². The summed E-state index contributed by atoms with van der Waals surface area (Å²) in [5, 5.41) is 13.5. The Bertz CT molecular complexity index is 246. The van der Waals surface area contributed by atoms with Gasteiger partial charge in [0.25, 0.3) is 0 Å². The van der Waals surface area contributed by atoms with Crippen LogP contribution in [0.1, 0.15) is 39.5 Å². The molecule has 0 spiro atoms. The number of rotatable bonds is 5. The van der Waals surface area contributed by atoms with Gasteiger partial charge in [0.05, 0.1) is 5.60 Å². The lowest BCUT2D eigenvalue weighted by Crippen LogP contribution is -2.50. The van der Waals surface area contributed by atoms with Crippen molar-refractivity contribution in [3.05, 3.63) is 0 Å². The molecule has 0 aromatic rings. The number of hydrogen-bond donors (Lipinski definition) is 3. The van der Waals surface area contributed by atoms with Crippen molar-refractivity contribution in [2.45, 2.75) is 51.2 Å². The van der Waals surface area contributed by atoms with Crippen LogP contribution in [0.15, 0.2) is 0 Å². The highest BCUT2D eigenvalue weighted by molar-refractivity contribution is 5.72. The molecular formula is C12H25N3O2. The number of urea groups is 1. The van der Waals surface area contributed by atoms with Gasteiger partial charge < -0.3 is 21.1 Å². The van der Waals surface area contributed by atoms with Crippen molar-refractivity contribution in [2.75, 3.05) is 19.6 Å². The molecule has 0 bridgehead atoms. The van der Waals surface area contributed by atoms with Gasteiger partial charge in [0.1, 0.15) is 0 Å². The highest BCUT2D eigenvalue weighted by Crippen LogP contribution is 2.15. The molecule has 100 valence electrons. The molecule has 0 aromatic carbocycles. The Kier molecular flexibility index (Phi) is 5.21. The van der Waals surface area contributed by atoms with Gasteiger partial charge >= 0.3 is 6.03 Å². The van der Waals surface area contributed by atoms with Crippen molar-refractivity contribution < 1.29 is 9.90 Å². The standard InChI is InChI=1S/C12H25N3O2/c1-3-12(17,4-2)9-14-10-5-7-15(8-6-10)11(13)16/h10,14,17H,3-9H2,1-2H3,(H2,13,16). The van der Waals surface area contributed by atoms with E-state index in [4.69, 9.17) is 5.73 Å². The molecule has 1 heterocycles. The molecule has 5 heteroatoms. The Labute approximate surface area is 103 Å². The number of aliphatic hydroxyl groups is 1. The zero-order valence-corrected chi connectivity index (χ0v) is 10.9. The van der Waals surface area contributed by atoms with Crippen LogP contribution in [-0.4, -0.2) is 47.3 Å². The third-order valence-electron chi connectivity index (χ3n) is 3.84. The molecule has 0 atom stereocenters. The maximum Gasteiger partial charge on any atom is 0.314 e. The molecule has 1 rings (SSSR count). The maximum atomic E-state index is 11.0. The summed E-state index contributed by atoms with van der Waals surface area (Å²) in [5.41, 5.74) is 4.63. The molecule has 0 aromatic heterocycles. The first-order valence-corrected chi connectivity index (χ1v) is 6.51. The summed E-state index contributed by atoms with van der Waals surface area (Å²) in [6, 6.07) is 0.0531. The highest BCUT2D eigenvalue weighted by atomic mass is 16.3. The first-order valence-electron chi connectivity index (χ1n) is 6.51. The normalized spacial score (nSPS) is 18.4. The van der Waals surface area contributed by atoms with Crippen molar-refractivity contribution in [3.63, 3.8) is 0 Å². The molecule has 1 aliphatic heterocycles. The number of carbonyl (C=O) groups excluding carboxylic acids is 1. The molecule has 5 nitrogen and oxygen atoms in total. The van der Waals surface area contributed by atoms with E-state index in [9.17, 15) is 9.90 Å². The number of amides is 2. The smallest absolute Gasteiger partial charge is 0.314 e. The van der Waals surface area contributed by atoms with Crippen molar-refractivity contribution in [1.82, 2.24) is 10.2 Å². The van der Waals surface area contributed by atoms with E-state index >= 15 is 0 Å². The van der Waals surface area contributed by atoms with E-state index in [1.54, 1.807) is 4.90 Å². The van der Waals surface area contributed by atoms with Gasteiger partial charge in [-0.25, -0.2) is 4.79 Å². The monoisotopic (exact) mass is 243 g/mol. The molecule has 0 aliphatic carbocycles.